The molecule has 0 spiro atoms. The number of carbonyl (C=O) groups is 1. The Balaban J connectivity index is 1.99. The van der Waals surface area contributed by atoms with E-state index in [1.807, 2.05) is 21.0 Å². The van der Waals surface area contributed by atoms with E-state index in [0.29, 0.717) is 4.91 Å². The number of carbonyl (C=O) groups excluding carboxylic acids is 1. The maximum Gasteiger partial charge on any atom is 0.284 e. The fraction of sp³-hybridized carbons (Fsp3) is 0.474. The van der Waals surface area contributed by atoms with Crippen LogP contribution < -0.4 is 0 Å². The summed E-state index contributed by atoms with van der Waals surface area (Å²) in [4.78, 5) is 17.0. The number of aryl methyl sites for hydroxylation is 1. The van der Waals surface area contributed by atoms with Crippen molar-refractivity contribution in [2.45, 2.75) is 50.0 Å². The zero-order valence-electron chi connectivity index (χ0n) is 15.9. The van der Waals surface area contributed by atoms with Crippen molar-refractivity contribution in [1.29, 1.82) is 0 Å². The Bertz CT molecular complexity index is 868. The van der Waals surface area contributed by atoms with Crippen LogP contribution in [0.5, 0.6) is 0 Å². The van der Waals surface area contributed by atoms with Crippen molar-refractivity contribution in [3.63, 3.8) is 0 Å². The molecule has 2 fully saturated rings. The van der Waals surface area contributed by atoms with Crippen LogP contribution in [0.2, 0.25) is 0 Å². The van der Waals surface area contributed by atoms with E-state index in [1.165, 1.54) is 0 Å². The van der Waals surface area contributed by atoms with E-state index in [-0.39, 0.29) is 22.0 Å². The topological polar surface area (TPSA) is 70.0 Å². The number of hydrogen-bond donors (Lipinski definition) is 0. The highest BCUT2D eigenvalue weighted by molar-refractivity contribution is 8.19. The normalized spacial score (nSPS) is 22.0. The number of hydrogen-bond acceptors (Lipinski definition) is 5. The molecule has 1 saturated carbocycles. The molecule has 0 atom stereocenters. The minimum Gasteiger partial charge on any atom is -0.382 e. The average Bonchev–Trinajstić information content (AvgIpc) is 2.90. The van der Waals surface area contributed by atoms with Gasteiger partial charge in [-0.25, -0.2) is 0 Å². The highest BCUT2D eigenvalue weighted by atomic mass is 32.2. The molecule has 1 heterocycles. The molecule has 146 valence electrons. The van der Waals surface area contributed by atoms with Crippen molar-refractivity contribution in [3.8, 4) is 0 Å². The first kappa shape index (κ1) is 19.9. The Morgan fingerprint density at radius 2 is 1.78 bits per heavy atom. The third kappa shape index (κ3) is 4.55. The first-order chi connectivity index (χ1) is 12.8. The molecule has 1 amide bonds. The molecule has 27 heavy (non-hydrogen) atoms. The van der Waals surface area contributed by atoms with E-state index in [1.54, 1.807) is 40.3 Å². The number of amides is 1. The number of thioether (sulfide) groups is 1. The molecule has 0 N–H and O–H groups in total. The van der Waals surface area contributed by atoms with Crippen LogP contribution >= 0.6 is 11.8 Å². The molecule has 0 aromatic heterocycles. The van der Waals surface area contributed by atoms with E-state index < -0.39 is 10.0 Å². The molecular weight excluding hydrogens is 382 g/mol. The van der Waals surface area contributed by atoms with Crippen molar-refractivity contribution >= 4 is 32.9 Å². The fourth-order valence-corrected chi connectivity index (χ4v) is 5.60. The lowest BCUT2D eigenvalue weighted by Gasteiger charge is -2.30. The van der Waals surface area contributed by atoms with Gasteiger partial charge in [0.05, 0.1) is 9.80 Å². The second kappa shape index (κ2) is 8.06. The lowest BCUT2D eigenvalue weighted by molar-refractivity contribution is -0.124. The van der Waals surface area contributed by atoms with Crippen molar-refractivity contribution in [2.75, 3.05) is 14.1 Å². The maximum absolute atomic E-state index is 13.0. The monoisotopic (exact) mass is 407 g/mol. The van der Waals surface area contributed by atoms with Gasteiger partial charge in [0.2, 0.25) is 0 Å². The molecule has 1 aliphatic heterocycles. The summed E-state index contributed by atoms with van der Waals surface area (Å²) in [6, 6.07) is 6.61. The van der Waals surface area contributed by atoms with Gasteiger partial charge in [0.1, 0.15) is 0 Å². The number of sulfonamides is 1. The lowest BCUT2D eigenvalue weighted by atomic mass is 9.94. The first-order valence-electron chi connectivity index (χ1n) is 9.09. The molecule has 1 aromatic rings. The minimum atomic E-state index is -3.87. The summed E-state index contributed by atoms with van der Waals surface area (Å²) in [5.74, 6) is -0.154. The standard InChI is InChI=1S/C19H25N3O3S2/c1-14-9-11-16(12-10-14)27(24,25)20-19-22(15-7-5-4-6-8-15)18(23)17(26-19)13-21(2)3/h9-13,15H,4-8H2,1-3H3. The van der Waals surface area contributed by atoms with Gasteiger partial charge >= 0.3 is 0 Å². The number of nitrogens with zero attached hydrogens (tertiary/aromatic N) is 3. The van der Waals surface area contributed by atoms with Gasteiger partial charge in [-0.2, -0.15) is 8.42 Å². The largest absolute Gasteiger partial charge is 0.382 e. The molecule has 1 aliphatic carbocycles. The van der Waals surface area contributed by atoms with E-state index in [2.05, 4.69) is 4.40 Å². The van der Waals surface area contributed by atoms with Crippen molar-refractivity contribution in [1.82, 2.24) is 9.80 Å². The molecule has 1 saturated heterocycles. The van der Waals surface area contributed by atoms with Gasteiger partial charge in [-0.3, -0.25) is 9.69 Å². The lowest BCUT2D eigenvalue weighted by Crippen LogP contribution is -2.40. The van der Waals surface area contributed by atoms with Gasteiger partial charge in [-0.05, 0) is 43.7 Å². The van der Waals surface area contributed by atoms with Crippen LogP contribution in [0.15, 0.2) is 44.7 Å². The molecule has 1 aromatic carbocycles. The highest BCUT2D eigenvalue weighted by Gasteiger charge is 2.40. The summed E-state index contributed by atoms with van der Waals surface area (Å²) >= 11 is 1.14. The van der Waals surface area contributed by atoms with E-state index in [9.17, 15) is 13.2 Å². The van der Waals surface area contributed by atoms with Crippen LogP contribution in [0.4, 0.5) is 0 Å². The quantitative estimate of drug-likeness (QED) is 0.716. The van der Waals surface area contributed by atoms with Crippen LogP contribution in [-0.2, 0) is 14.8 Å². The molecule has 2 aliphatic rings. The van der Waals surface area contributed by atoms with Gasteiger partial charge in [-0.15, -0.1) is 4.40 Å². The number of rotatable bonds is 4. The van der Waals surface area contributed by atoms with Crippen LogP contribution in [0, 0.1) is 6.92 Å². The average molecular weight is 408 g/mol. The van der Waals surface area contributed by atoms with Crippen LogP contribution in [0.3, 0.4) is 0 Å². The summed E-state index contributed by atoms with van der Waals surface area (Å²) in [5.41, 5.74) is 0.979. The summed E-state index contributed by atoms with van der Waals surface area (Å²) < 4.78 is 29.7. The van der Waals surface area contributed by atoms with Crippen LogP contribution in [0.25, 0.3) is 0 Å². The Kier molecular flexibility index (Phi) is 5.95. The smallest absolute Gasteiger partial charge is 0.284 e. The van der Waals surface area contributed by atoms with Crippen LogP contribution in [0.1, 0.15) is 37.7 Å². The van der Waals surface area contributed by atoms with Gasteiger partial charge in [0.15, 0.2) is 5.17 Å². The molecular formula is C19H25N3O3S2. The van der Waals surface area contributed by atoms with Crippen molar-refractivity contribution in [2.24, 2.45) is 4.40 Å². The maximum atomic E-state index is 13.0. The second-order valence-electron chi connectivity index (χ2n) is 7.19. The predicted molar refractivity (Wildman–Crippen MR) is 109 cm³/mol. The summed E-state index contributed by atoms with van der Waals surface area (Å²) in [5, 5.41) is 0.264. The van der Waals surface area contributed by atoms with Gasteiger partial charge in [-0.1, -0.05) is 37.0 Å². The Morgan fingerprint density at radius 1 is 1.15 bits per heavy atom. The summed E-state index contributed by atoms with van der Waals surface area (Å²) in [7, 11) is -0.200. The van der Waals surface area contributed by atoms with E-state index in [4.69, 9.17) is 0 Å². The van der Waals surface area contributed by atoms with Crippen molar-refractivity contribution < 1.29 is 13.2 Å². The van der Waals surface area contributed by atoms with Gasteiger partial charge < -0.3 is 4.90 Å². The zero-order valence-corrected chi connectivity index (χ0v) is 17.5. The summed E-state index contributed by atoms with van der Waals surface area (Å²) in [6.45, 7) is 1.90. The van der Waals surface area contributed by atoms with Crippen LogP contribution in [-0.4, -0.2) is 49.4 Å². The Labute approximate surface area is 165 Å². The van der Waals surface area contributed by atoms with E-state index in [0.717, 1.165) is 49.4 Å². The summed E-state index contributed by atoms with van der Waals surface area (Å²) in [6.07, 6.45) is 6.73. The Hall–Kier alpha value is -1.80. The SMILES string of the molecule is Cc1ccc(S(=O)(=O)N=C2SC(=CN(C)C)C(=O)N2C2CCCCC2)cc1. The number of benzene rings is 1. The third-order valence-electron chi connectivity index (χ3n) is 4.67. The fourth-order valence-electron chi connectivity index (χ4n) is 3.30. The second-order valence-corrected chi connectivity index (χ2v) is 9.80. The highest BCUT2D eigenvalue weighted by Crippen LogP contribution is 2.37. The molecule has 6 nitrogen and oxygen atoms in total. The Morgan fingerprint density at radius 3 is 2.37 bits per heavy atom. The van der Waals surface area contributed by atoms with Gasteiger partial charge in [0, 0.05) is 26.3 Å². The number of amidine groups is 1. The first-order valence-corrected chi connectivity index (χ1v) is 11.3. The van der Waals surface area contributed by atoms with Crippen molar-refractivity contribution in [3.05, 3.63) is 40.9 Å². The van der Waals surface area contributed by atoms with E-state index >= 15 is 0 Å². The third-order valence-corrected chi connectivity index (χ3v) is 7.04. The molecule has 8 heteroatoms. The predicted octanol–water partition coefficient (Wildman–Crippen LogP) is 3.35. The minimum absolute atomic E-state index is 0.0128. The van der Waals surface area contributed by atoms with Gasteiger partial charge in [0.25, 0.3) is 15.9 Å². The molecule has 0 unspecified atom stereocenters. The molecule has 0 bridgehead atoms. The molecule has 0 radical (unpaired) electrons. The molecule has 3 rings (SSSR count). The zero-order chi connectivity index (χ0) is 19.6.